The van der Waals surface area contributed by atoms with Crippen molar-refractivity contribution >= 4 is 11.9 Å². The molecule has 6 heteroatoms. The van der Waals surface area contributed by atoms with E-state index in [9.17, 15) is 9.90 Å². The molecule has 1 amide bonds. The monoisotopic (exact) mass is 344 g/mol. The zero-order chi connectivity index (χ0) is 17.7. The van der Waals surface area contributed by atoms with Gasteiger partial charge in [0.25, 0.3) is 5.91 Å². The molecule has 4 N–H and O–H groups in total. The molecule has 0 unspecified atom stereocenters. The Labute approximate surface area is 148 Å². The Kier molecular flexibility index (Phi) is 3.79. The second-order valence-electron chi connectivity index (χ2n) is 8.89. The van der Waals surface area contributed by atoms with Crippen molar-refractivity contribution < 1.29 is 9.90 Å². The Morgan fingerprint density at radius 3 is 2.36 bits per heavy atom. The van der Waals surface area contributed by atoms with E-state index in [1.54, 1.807) is 6.20 Å². The molecule has 25 heavy (non-hydrogen) atoms. The van der Waals surface area contributed by atoms with E-state index in [1.807, 2.05) is 0 Å². The molecule has 1 aromatic rings. The van der Waals surface area contributed by atoms with Crippen LogP contribution in [0.15, 0.2) is 6.20 Å². The van der Waals surface area contributed by atoms with Crippen LogP contribution in [0.25, 0.3) is 0 Å². The minimum absolute atomic E-state index is 0.0175. The predicted octanol–water partition coefficient (Wildman–Crippen LogP) is 2.56. The summed E-state index contributed by atoms with van der Waals surface area (Å²) in [6.45, 7) is 2.25. The number of aromatic nitrogens is 2. The van der Waals surface area contributed by atoms with Crippen LogP contribution in [-0.2, 0) is 6.42 Å². The quantitative estimate of drug-likeness (QED) is 0.762. The molecule has 0 radical (unpaired) electrons. The molecule has 4 saturated carbocycles. The Morgan fingerprint density at radius 1 is 1.20 bits per heavy atom. The van der Waals surface area contributed by atoms with Gasteiger partial charge < -0.3 is 16.2 Å². The van der Waals surface area contributed by atoms with E-state index in [1.165, 1.54) is 19.3 Å². The van der Waals surface area contributed by atoms with Gasteiger partial charge in [-0.15, -0.1) is 0 Å². The Hall–Kier alpha value is -1.69. The maximum atomic E-state index is 11.8. The van der Waals surface area contributed by atoms with Gasteiger partial charge in [0.05, 0.1) is 16.9 Å². The number of fused-ring (bicyclic) bond motifs is 3. The third-order valence-electron chi connectivity index (χ3n) is 6.87. The number of nitrogens with zero attached hydrogens (tertiary/aromatic N) is 2. The van der Waals surface area contributed by atoms with E-state index in [-0.39, 0.29) is 11.0 Å². The van der Waals surface area contributed by atoms with E-state index in [4.69, 9.17) is 10.7 Å². The molecule has 6 nitrogen and oxygen atoms in total. The molecule has 0 atom stereocenters. The average molecular weight is 344 g/mol. The largest absolute Gasteiger partial charge is 0.390 e. The van der Waals surface area contributed by atoms with Crippen molar-refractivity contribution in [1.82, 2.24) is 9.97 Å². The number of hydrogen-bond donors (Lipinski definition) is 3. The smallest absolute Gasteiger partial charge is 0.252 e. The molecule has 0 aliphatic heterocycles. The SMILES string of the molecule is CC1(Cc2nc(NC34CCC(O)(CC3)CC4)ncc2C(N)=O)CCC1. The number of nitrogens with one attached hydrogen (secondary N) is 1. The third-order valence-corrected chi connectivity index (χ3v) is 6.87. The maximum absolute atomic E-state index is 11.8. The van der Waals surface area contributed by atoms with E-state index in [0.717, 1.165) is 50.6 Å². The first kappa shape index (κ1) is 16.8. The normalized spacial score (nSPS) is 32.9. The molecular weight excluding hydrogens is 316 g/mol. The van der Waals surface area contributed by atoms with Gasteiger partial charge in [-0.2, -0.15) is 0 Å². The number of carbonyl (C=O) groups excluding carboxylic acids is 1. The molecule has 5 rings (SSSR count). The first-order chi connectivity index (χ1) is 11.8. The fourth-order valence-electron chi connectivity index (χ4n) is 4.77. The number of amides is 1. The van der Waals surface area contributed by atoms with Crippen LogP contribution in [0, 0.1) is 5.41 Å². The van der Waals surface area contributed by atoms with E-state index < -0.39 is 11.5 Å². The summed E-state index contributed by atoms with van der Waals surface area (Å²) in [4.78, 5) is 20.8. The van der Waals surface area contributed by atoms with Gasteiger partial charge in [0.1, 0.15) is 0 Å². The molecule has 4 aliphatic carbocycles. The average Bonchev–Trinajstić information content (AvgIpc) is 2.55. The lowest BCUT2D eigenvalue weighted by Crippen LogP contribution is -2.54. The number of hydrogen-bond acceptors (Lipinski definition) is 5. The maximum Gasteiger partial charge on any atom is 0.252 e. The Morgan fingerprint density at radius 2 is 1.84 bits per heavy atom. The highest BCUT2D eigenvalue weighted by atomic mass is 16.3. The van der Waals surface area contributed by atoms with Gasteiger partial charge in [-0.05, 0) is 63.2 Å². The highest BCUT2D eigenvalue weighted by Gasteiger charge is 2.48. The van der Waals surface area contributed by atoms with Gasteiger partial charge in [0, 0.05) is 11.7 Å². The molecule has 0 saturated heterocycles. The van der Waals surface area contributed by atoms with Gasteiger partial charge in [-0.25, -0.2) is 9.97 Å². The summed E-state index contributed by atoms with van der Waals surface area (Å²) in [5, 5.41) is 13.9. The van der Waals surface area contributed by atoms with E-state index in [2.05, 4.69) is 17.2 Å². The van der Waals surface area contributed by atoms with Crippen LogP contribution >= 0.6 is 0 Å². The first-order valence-corrected chi connectivity index (χ1v) is 9.47. The summed E-state index contributed by atoms with van der Waals surface area (Å²) in [5.74, 6) is 0.137. The number of carbonyl (C=O) groups is 1. The van der Waals surface area contributed by atoms with Crippen LogP contribution in [0.1, 0.15) is 80.8 Å². The van der Waals surface area contributed by atoms with Gasteiger partial charge >= 0.3 is 0 Å². The Balaban J connectivity index is 1.57. The van der Waals surface area contributed by atoms with Crippen molar-refractivity contribution in [2.45, 2.75) is 82.3 Å². The topological polar surface area (TPSA) is 101 Å². The molecule has 4 aliphatic rings. The van der Waals surface area contributed by atoms with Crippen molar-refractivity contribution in [2.75, 3.05) is 5.32 Å². The molecule has 0 aromatic carbocycles. The van der Waals surface area contributed by atoms with Crippen molar-refractivity contribution in [3.63, 3.8) is 0 Å². The van der Waals surface area contributed by atoms with Crippen LogP contribution in [0.2, 0.25) is 0 Å². The molecule has 4 fully saturated rings. The van der Waals surface area contributed by atoms with Crippen molar-refractivity contribution in [2.24, 2.45) is 11.1 Å². The van der Waals surface area contributed by atoms with Crippen molar-refractivity contribution in [1.29, 1.82) is 0 Å². The fraction of sp³-hybridized carbons (Fsp3) is 0.737. The van der Waals surface area contributed by atoms with Gasteiger partial charge in [-0.3, -0.25) is 4.79 Å². The van der Waals surface area contributed by atoms with E-state index >= 15 is 0 Å². The summed E-state index contributed by atoms with van der Waals surface area (Å²) in [6, 6.07) is 0. The summed E-state index contributed by atoms with van der Waals surface area (Å²) in [6.07, 6.45) is 11.3. The molecular formula is C19H28N4O2. The van der Waals surface area contributed by atoms with Crippen LogP contribution < -0.4 is 11.1 Å². The lowest BCUT2D eigenvalue weighted by Gasteiger charge is -2.51. The molecule has 136 valence electrons. The number of rotatable bonds is 5. The highest BCUT2D eigenvalue weighted by molar-refractivity contribution is 5.93. The van der Waals surface area contributed by atoms with E-state index in [0.29, 0.717) is 11.5 Å². The number of nitrogens with two attached hydrogens (primary N) is 1. The molecule has 0 spiro atoms. The van der Waals surface area contributed by atoms with Crippen LogP contribution in [0.4, 0.5) is 5.95 Å². The zero-order valence-electron chi connectivity index (χ0n) is 15.0. The molecule has 1 heterocycles. The lowest BCUT2D eigenvalue weighted by atomic mass is 9.63. The molecule has 1 aromatic heterocycles. The summed E-state index contributed by atoms with van der Waals surface area (Å²) >= 11 is 0. The van der Waals surface area contributed by atoms with Gasteiger partial charge in [0.2, 0.25) is 5.95 Å². The summed E-state index contributed by atoms with van der Waals surface area (Å²) in [5.41, 5.74) is 6.50. The number of anilines is 1. The van der Waals surface area contributed by atoms with Crippen molar-refractivity contribution in [3.8, 4) is 0 Å². The summed E-state index contributed by atoms with van der Waals surface area (Å²) < 4.78 is 0. The minimum Gasteiger partial charge on any atom is -0.390 e. The zero-order valence-corrected chi connectivity index (χ0v) is 15.0. The standard InChI is InChI=1S/C19H28N4O2/c1-17(3-2-4-17)11-14-13(15(20)24)12-21-16(22-14)23-18-5-8-19(25,9-6-18)10-7-18/h12,25H,2-11H2,1H3,(H2,20,24)(H,21,22,23). The third kappa shape index (κ3) is 3.12. The van der Waals surface area contributed by atoms with Crippen LogP contribution in [0.5, 0.6) is 0 Å². The highest BCUT2D eigenvalue weighted by Crippen LogP contribution is 2.48. The number of primary amides is 1. The Bertz CT molecular complexity index is 674. The second kappa shape index (κ2) is 5.66. The predicted molar refractivity (Wildman–Crippen MR) is 95.2 cm³/mol. The fourth-order valence-corrected chi connectivity index (χ4v) is 4.77. The first-order valence-electron chi connectivity index (χ1n) is 9.47. The minimum atomic E-state index is -0.456. The van der Waals surface area contributed by atoms with Crippen LogP contribution in [-0.4, -0.2) is 32.1 Å². The van der Waals surface area contributed by atoms with Gasteiger partial charge in [0.15, 0.2) is 0 Å². The second-order valence-corrected chi connectivity index (χ2v) is 8.89. The van der Waals surface area contributed by atoms with Gasteiger partial charge in [-0.1, -0.05) is 13.3 Å². The summed E-state index contributed by atoms with van der Waals surface area (Å²) in [7, 11) is 0. The van der Waals surface area contributed by atoms with Crippen molar-refractivity contribution in [3.05, 3.63) is 17.5 Å². The van der Waals surface area contributed by atoms with Crippen LogP contribution in [0.3, 0.4) is 0 Å². The number of aliphatic hydroxyl groups is 1. The molecule has 2 bridgehead atoms. The lowest BCUT2D eigenvalue weighted by molar-refractivity contribution is -0.0581.